The number of hydrogen-bond acceptors (Lipinski definition) is 5. The van der Waals surface area contributed by atoms with Gasteiger partial charge in [-0.2, -0.15) is 0 Å². The second kappa shape index (κ2) is 8.04. The maximum Gasteiger partial charge on any atom is 0.224 e. The summed E-state index contributed by atoms with van der Waals surface area (Å²) in [4.78, 5) is 23.8. The molecule has 0 heterocycles. The Morgan fingerprint density at radius 2 is 1.75 bits per heavy atom. The fraction of sp³-hybridized carbons (Fsp3) is 0.556. The first-order chi connectivity index (χ1) is 11.5. The van der Waals surface area contributed by atoms with Crippen LogP contribution >= 0.6 is 0 Å². The highest BCUT2D eigenvalue weighted by Gasteiger charge is 2.32. The van der Waals surface area contributed by atoms with Crippen molar-refractivity contribution in [2.75, 3.05) is 14.2 Å². The molecule has 1 amide bonds. The highest BCUT2D eigenvalue weighted by Crippen LogP contribution is 2.32. The second-order valence-corrected chi connectivity index (χ2v) is 6.16. The Labute approximate surface area is 142 Å². The molecule has 0 saturated heterocycles. The molecule has 0 unspecified atom stereocenters. The molecule has 0 radical (unpaired) electrons. The SMILES string of the molecule is COc1ccc([C@H](C)NC(=O)[C@@H]2CCCC[C@@H]2C(=O)[O-])cc1OC. The van der Waals surface area contributed by atoms with E-state index in [0.29, 0.717) is 24.3 Å². The van der Waals surface area contributed by atoms with Crippen molar-refractivity contribution < 1.29 is 24.2 Å². The molecule has 0 bridgehead atoms. The molecule has 0 spiro atoms. The van der Waals surface area contributed by atoms with Crippen molar-refractivity contribution in [1.29, 1.82) is 0 Å². The first-order valence-electron chi connectivity index (χ1n) is 8.21. The molecule has 3 atom stereocenters. The van der Waals surface area contributed by atoms with Crippen molar-refractivity contribution in [2.45, 2.75) is 38.6 Å². The fourth-order valence-corrected chi connectivity index (χ4v) is 3.25. The first-order valence-corrected chi connectivity index (χ1v) is 8.21. The number of carboxylic acid groups (broad SMARTS) is 1. The quantitative estimate of drug-likeness (QED) is 0.850. The van der Waals surface area contributed by atoms with Crippen LogP contribution in [-0.2, 0) is 9.59 Å². The Balaban J connectivity index is 2.09. The molecule has 6 nitrogen and oxygen atoms in total. The van der Waals surface area contributed by atoms with Crippen LogP contribution in [0.3, 0.4) is 0 Å². The fourth-order valence-electron chi connectivity index (χ4n) is 3.25. The third-order valence-electron chi connectivity index (χ3n) is 4.67. The summed E-state index contributed by atoms with van der Waals surface area (Å²) in [6, 6.07) is 5.17. The predicted octanol–water partition coefficient (Wildman–Crippen LogP) is 1.44. The van der Waals surface area contributed by atoms with Crippen LogP contribution in [0.25, 0.3) is 0 Å². The van der Waals surface area contributed by atoms with E-state index in [2.05, 4.69) is 5.32 Å². The number of amides is 1. The number of ether oxygens (including phenoxy) is 2. The predicted molar refractivity (Wildman–Crippen MR) is 86.6 cm³/mol. The minimum Gasteiger partial charge on any atom is -0.550 e. The van der Waals surface area contributed by atoms with E-state index in [4.69, 9.17) is 9.47 Å². The number of nitrogens with one attached hydrogen (secondary N) is 1. The number of rotatable bonds is 6. The van der Waals surface area contributed by atoms with E-state index in [9.17, 15) is 14.7 Å². The molecule has 1 aromatic rings. The number of carbonyl (C=O) groups excluding carboxylic acids is 2. The van der Waals surface area contributed by atoms with E-state index in [-0.39, 0.29) is 11.9 Å². The van der Waals surface area contributed by atoms with Crippen LogP contribution in [0.4, 0.5) is 0 Å². The molecule has 0 aromatic heterocycles. The topological polar surface area (TPSA) is 87.7 Å². The van der Waals surface area contributed by atoms with Crippen molar-refractivity contribution >= 4 is 11.9 Å². The van der Waals surface area contributed by atoms with E-state index in [1.807, 2.05) is 13.0 Å². The van der Waals surface area contributed by atoms with Crippen molar-refractivity contribution in [1.82, 2.24) is 5.32 Å². The molecular weight excluding hydrogens is 310 g/mol. The second-order valence-electron chi connectivity index (χ2n) is 6.16. The number of benzene rings is 1. The van der Waals surface area contributed by atoms with E-state index in [1.54, 1.807) is 26.4 Å². The Hall–Kier alpha value is -2.24. The Kier molecular flexibility index (Phi) is 6.06. The number of carboxylic acids is 1. The van der Waals surface area contributed by atoms with Crippen molar-refractivity contribution in [3.8, 4) is 11.5 Å². The molecular formula is C18H24NO5-. The molecule has 132 valence electrons. The van der Waals surface area contributed by atoms with Crippen LogP contribution in [0.1, 0.15) is 44.2 Å². The van der Waals surface area contributed by atoms with Gasteiger partial charge in [0, 0.05) is 17.8 Å². The standard InChI is InChI=1S/C18H25NO5/c1-11(12-8-9-15(23-2)16(10-12)24-3)19-17(20)13-6-4-5-7-14(13)18(21)22/h8-11,13-14H,4-7H2,1-3H3,(H,19,20)(H,21,22)/p-1/t11-,13+,14-/m0/s1. The van der Waals surface area contributed by atoms with E-state index in [0.717, 1.165) is 18.4 Å². The minimum absolute atomic E-state index is 0.230. The van der Waals surface area contributed by atoms with Crippen LogP contribution < -0.4 is 19.9 Å². The minimum atomic E-state index is -1.13. The molecule has 1 N–H and O–H groups in total. The molecule has 0 aliphatic heterocycles. The molecule has 24 heavy (non-hydrogen) atoms. The zero-order valence-electron chi connectivity index (χ0n) is 14.3. The van der Waals surface area contributed by atoms with Crippen LogP contribution in [0, 0.1) is 11.8 Å². The molecule has 1 saturated carbocycles. The maximum atomic E-state index is 12.5. The zero-order chi connectivity index (χ0) is 17.7. The average Bonchev–Trinajstić information content (AvgIpc) is 2.60. The van der Waals surface area contributed by atoms with Crippen molar-refractivity contribution in [2.24, 2.45) is 11.8 Å². The Morgan fingerprint density at radius 3 is 2.33 bits per heavy atom. The van der Waals surface area contributed by atoms with Gasteiger partial charge in [0.2, 0.25) is 5.91 Å². The van der Waals surface area contributed by atoms with Gasteiger partial charge in [0.25, 0.3) is 0 Å². The normalized spacial score (nSPS) is 21.6. The van der Waals surface area contributed by atoms with Gasteiger partial charge < -0.3 is 24.7 Å². The molecule has 2 rings (SSSR count). The van der Waals surface area contributed by atoms with Crippen molar-refractivity contribution in [3.05, 3.63) is 23.8 Å². The zero-order valence-corrected chi connectivity index (χ0v) is 14.3. The van der Waals surface area contributed by atoms with E-state index < -0.39 is 17.8 Å². The van der Waals surface area contributed by atoms with Crippen LogP contribution in [0.15, 0.2) is 18.2 Å². The third kappa shape index (κ3) is 3.99. The van der Waals surface area contributed by atoms with Gasteiger partial charge in [-0.05, 0) is 37.5 Å². The average molecular weight is 334 g/mol. The Bertz CT molecular complexity index is 601. The van der Waals surface area contributed by atoms with E-state index in [1.165, 1.54) is 0 Å². The smallest absolute Gasteiger partial charge is 0.224 e. The summed E-state index contributed by atoms with van der Waals surface area (Å²) in [7, 11) is 3.11. The van der Waals surface area contributed by atoms with Gasteiger partial charge in [0.15, 0.2) is 11.5 Å². The van der Waals surface area contributed by atoms with Gasteiger partial charge in [0.05, 0.1) is 20.3 Å². The lowest BCUT2D eigenvalue weighted by atomic mass is 9.78. The van der Waals surface area contributed by atoms with Crippen molar-refractivity contribution in [3.63, 3.8) is 0 Å². The first kappa shape index (κ1) is 18.1. The van der Waals surface area contributed by atoms with Gasteiger partial charge in [-0.25, -0.2) is 0 Å². The molecule has 1 aromatic carbocycles. The third-order valence-corrected chi connectivity index (χ3v) is 4.67. The number of carbonyl (C=O) groups is 2. The lowest BCUT2D eigenvalue weighted by Gasteiger charge is -2.32. The lowest BCUT2D eigenvalue weighted by Crippen LogP contribution is -2.45. The van der Waals surface area contributed by atoms with Gasteiger partial charge >= 0.3 is 0 Å². The summed E-state index contributed by atoms with van der Waals surface area (Å²) in [6.45, 7) is 1.86. The largest absolute Gasteiger partial charge is 0.550 e. The summed E-state index contributed by atoms with van der Waals surface area (Å²) in [6.07, 6.45) is 2.79. The molecule has 6 heteroatoms. The number of aliphatic carboxylic acids is 1. The van der Waals surface area contributed by atoms with Gasteiger partial charge in [-0.3, -0.25) is 4.79 Å². The Morgan fingerprint density at radius 1 is 1.12 bits per heavy atom. The molecule has 1 aliphatic rings. The van der Waals surface area contributed by atoms with Crippen LogP contribution in [0.5, 0.6) is 11.5 Å². The van der Waals surface area contributed by atoms with Gasteiger partial charge in [-0.1, -0.05) is 18.9 Å². The highest BCUT2D eigenvalue weighted by atomic mass is 16.5. The summed E-state index contributed by atoms with van der Waals surface area (Å²) in [5, 5.41) is 14.2. The van der Waals surface area contributed by atoms with Gasteiger partial charge in [0.1, 0.15) is 0 Å². The van der Waals surface area contributed by atoms with E-state index >= 15 is 0 Å². The summed E-state index contributed by atoms with van der Waals surface area (Å²) in [5.74, 6) is -1.38. The number of hydrogen-bond donors (Lipinski definition) is 1. The highest BCUT2D eigenvalue weighted by molar-refractivity contribution is 5.84. The van der Waals surface area contributed by atoms with Crippen LogP contribution in [-0.4, -0.2) is 26.1 Å². The molecule has 1 aliphatic carbocycles. The van der Waals surface area contributed by atoms with Gasteiger partial charge in [-0.15, -0.1) is 0 Å². The van der Waals surface area contributed by atoms with Crippen LogP contribution in [0.2, 0.25) is 0 Å². The monoisotopic (exact) mass is 334 g/mol. The molecule has 1 fully saturated rings. The number of methoxy groups -OCH3 is 2. The summed E-state index contributed by atoms with van der Waals surface area (Å²) < 4.78 is 10.5. The lowest BCUT2D eigenvalue weighted by molar-refractivity contribution is -0.314. The summed E-state index contributed by atoms with van der Waals surface area (Å²) >= 11 is 0. The summed E-state index contributed by atoms with van der Waals surface area (Å²) in [5.41, 5.74) is 0.863. The maximum absolute atomic E-state index is 12.5.